The van der Waals surface area contributed by atoms with Crippen LogP contribution in [0.4, 0.5) is 0 Å². The van der Waals surface area contributed by atoms with Crippen LogP contribution in [-0.4, -0.2) is 4.98 Å². The van der Waals surface area contributed by atoms with E-state index in [2.05, 4.69) is 4.98 Å². The van der Waals surface area contributed by atoms with Crippen molar-refractivity contribution in [1.82, 2.24) is 4.98 Å². The lowest BCUT2D eigenvalue weighted by Gasteiger charge is -2.06. The van der Waals surface area contributed by atoms with E-state index in [0.717, 1.165) is 11.3 Å². The lowest BCUT2D eigenvalue weighted by molar-refractivity contribution is 0.810. The molecule has 3 heteroatoms. The molecule has 1 aromatic rings. The fourth-order valence-corrected chi connectivity index (χ4v) is 1.25. The molecule has 0 unspecified atom stereocenters. The van der Waals surface area contributed by atoms with Crippen LogP contribution < -0.4 is 5.73 Å². The molecule has 1 rings (SSSR count). The number of halogens is 1. The van der Waals surface area contributed by atoms with Crippen LogP contribution >= 0.6 is 11.6 Å². The van der Waals surface area contributed by atoms with Crippen molar-refractivity contribution in [3.05, 3.63) is 28.5 Å². The van der Waals surface area contributed by atoms with Gasteiger partial charge in [0.05, 0.1) is 0 Å². The van der Waals surface area contributed by atoms with Crippen LogP contribution in [0.2, 0.25) is 5.02 Å². The molecule has 11 heavy (non-hydrogen) atoms. The summed E-state index contributed by atoms with van der Waals surface area (Å²) in [4.78, 5) is 4.10. The Morgan fingerprint density at radius 1 is 1.64 bits per heavy atom. The van der Waals surface area contributed by atoms with Crippen molar-refractivity contribution in [2.24, 2.45) is 5.73 Å². The maximum Gasteiger partial charge on any atom is 0.0487 e. The van der Waals surface area contributed by atoms with Crippen LogP contribution in [0.3, 0.4) is 0 Å². The number of nitrogens with two attached hydrogens (primary N) is 1. The monoisotopic (exact) mass is 170 g/mol. The third-order valence-electron chi connectivity index (χ3n) is 1.51. The van der Waals surface area contributed by atoms with Gasteiger partial charge in [0.2, 0.25) is 0 Å². The van der Waals surface area contributed by atoms with Gasteiger partial charge < -0.3 is 5.73 Å². The van der Waals surface area contributed by atoms with Crippen molar-refractivity contribution in [3.8, 4) is 0 Å². The van der Waals surface area contributed by atoms with Gasteiger partial charge in [0, 0.05) is 28.5 Å². The standard InChI is InChI=1S/C8H11ClN2/c1-5-3-8(9)7(4-11-5)6(2)10/h3-4,6H,10H2,1-2H3/t6-/m1/s1. The molecular weight excluding hydrogens is 160 g/mol. The minimum Gasteiger partial charge on any atom is -0.324 e. The number of rotatable bonds is 1. The highest BCUT2D eigenvalue weighted by Gasteiger charge is 2.04. The second kappa shape index (κ2) is 3.20. The molecule has 1 atom stereocenters. The second-order valence-corrected chi connectivity index (χ2v) is 3.04. The Morgan fingerprint density at radius 2 is 2.27 bits per heavy atom. The van der Waals surface area contributed by atoms with Crippen molar-refractivity contribution < 1.29 is 0 Å². The molecule has 0 aliphatic rings. The molecule has 2 nitrogen and oxygen atoms in total. The first-order valence-electron chi connectivity index (χ1n) is 3.49. The molecular formula is C8H11ClN2. The van der Waals surface area contributed by atoms with Crippen molar-refractivity contribution in [1.29, 1.82) is 0 Å². The smallest absolute Gasteiger partial charge is 0.0487 e. The number of aromatic nitrogens is 1. The van der Waals surface area contributed by atoms with Gasteiger partial charge >= 0.3 is 0 Å². The molecule has 1 aromatic heterocycles. The van der Waals surface area contributed by atoms with E-state index in [-0.39, 0.29) is 6.04 Å². The summed E-state index contributed by atoms with van der Waals surface area (Å²) in [6.45, 7) is 3.79. The Balaban J connectivity index is 3.09. The fourth-order valence-electron chi connectivity index (χ4n) is 0.872. The molecule has 0 bridgehead atoms. The lowest BCUT2D eigenvalue weighted by Crippen LogP contribution is -2.06. The molecule has 0 aliphatic heterocycles. The SMILES string of the molecule is Cc1cc(Cl)c([C@@H](C)N)cn1. The van der Waals surface area contributed by atoms with Gasteiger partial charge in [-0.1, -0.05) is 11.6 Å². The normalized spacial score (nSPS) is 13.1. The quantitative estimate of drug-likeness (QED) is 0.701. The van der Waals surface area contributed by atoms with Gasteiger partial charge in [-0.25, -0.2) is 0 Å². The van der Waals surface area contributed by atoms with E-state index in [1.54, 1.807) is 6.20 Å². The average Bonchev–Trinajstić information content (AvgIpc) is 1.85. The third-order valence-corrected chi connectivity index (χ3v) is 1.84. The maximum atomic E-state index is 5.90. The number of nitrogens with zero attached hydrogens (tertiary/aromatic N) is 1. The van der Waals surface area contributed by atoms with Crippen molar-refractivity contribution >= 4 is 11.6 Å². The molecule has 0 saturated carbocycles. The second-order valence-electron chi connectivity index (χ2n) is 2.64. The van der Waals surface area contributed by atoms with E-state index in [1.165, 1.54) is 0 Å². The molecule has 60 valence electrons. The van der Waals surface area contributed by atoms with Gasteiger partial charge in [-0.2, -0.15) is 0 Å². The highest BCUT2D eigenvalue weighted by molar-refractivity contribution is 6.31. The molecule has 0 radical (unpaired) electrons. The molecule has 0 spiro atoms. The predicted octanol–water partition coefficient (Wildman–Crippen LogP) is 2.06. The van der Waals surface area contributed by atoms with Crippen LogP contribution in [0.1, 0.15) is 24.2 Å². The highest BCUT2D eigenvalue weighted by Crippen LogP contribution is 2.20. The van der Waals surface area contributed by atoms with Gasteiger partial charge in [0.15, 0.2) is 0 Å². The van der Waals surface area contributed by atoms with E-state index >= 15 is 0 Å². The molecule has 1 heterocycles. The minimum absolute atomic E-state index is 0.0457. The van der Waals surface area contributed by atoms with E-state index in [4.69, 9.17) is 17.3 Å². The molecule has 0 amide bonds. The van der Waals surface area contributed by atoms with Crippen LogP contribution in [-0.2, 0) is 0 Å². The van der Waals surface area contributed by atoms with Crippen LogP contribution in [0.15, 0.2) is 12.3 Å². The zero-order valence-corrected chi connectivity index (χ0v) is 7.39. The summed E-state index contributed by atoms with van der Waals surface area (Å²) < 4.78 is 0. The maximum absolute atomic E-state index is 5.90. The molecule has 0 fully saturated rings. The summed E-state index contributed by atoms with van der Waals surface area (Å²) in [5, 5.41) is 0.701. The molecule has 2 N–H and O–H groups in total. The minimum atomic E-state index is -0.0457. The highest BCUT2D eigenvalue weighted by atomic mass is 35.5. The van der Waals surface area contributed by atoms with Gasteiger partial charge in [-0.05, 0) is 19.9 Å². The molecule has 0 aliphatic carbocycles. The Bertz CT molecular complexity index is 258. The summed E-state index contributed by atoms with van der Waals surface area (Å²) in [7, 11) is 0. The summed E-state index contributed by atoms with van der Waals surface area (Å²) in [5.74, 6) is 0. The predicted molar refractivity (Wildman–Crippen MR) is 46.6 cm³/mol. The van der Waals surface area contributed by atoms with Crippen molar-refractivity contribution in [2.45, 2.75) is 19.9 Å². The van der Waals surface area contributed by atoms with Gasteiger partial charge in [-0.15, -0.1) is 0 Å². The van der Waals surface area contributed by atoms with Crippen LogP contribution in [0.25, 0.3) is 0 Å². The van der Waals surface area contributed by atoms with Crippen LogP contribution in [0, 0.1) is 6.92 Å². The Kier molecular flexibility index (Phi) is 2.47. The lowest BCUT2D eigenvalue weighted by atomic mass is 10.1. The summed E-state index contributed by atoms with van der Waals surface area (Å²) in [6, 6.07) is 1.77. The molecule has 0 aromatic carbocycles. The summed E-state index contributed by atoms with van der Waals surface area (Å²) in [5.41, 5.74) is 7.46. The topological polar surface area (TPSA) is 38.9 Å². The number of hydrogen-bond donors (Lipinski definition) is 1. The number of pyridine rings is 1. The Morgan fingerprint density at radius 3 is 2.73 bits per heavy atom. The van der Waals surface area contributed by atoms with Crippen molar-refractivity contribution in [2.75, 3.05) is 0 Å². The largest absolute Gasteiger partial charge is 0.324 e. The third kappa shape index (κ3) is 1.91. The summed E-state index contributed by atoms with van der Waals surface area (Å²) in [6.07, 6.45) is 1.72. The first-order chi connectivity index (χ1) is 5.11. The van der Waals surface area contributed by atoms with E-state index < -0.39 is 0 Å². The number of hydrogen-bond acceptors (Lipinski definition) is 2. The Hall–Kier alpha value is -0.600. The number of aryl methyl sites for hydroxylation is 1. The van der Waals surface area contributed by atoms with E-state index in [1.807, 2.05) is 19.9 Å². The van der Waals surface area contributed by atoms with Gasteiger partial charge in [-0.3, -0.25) is 4.98 Å². The van der Waals surface area contributed by atoms with Crippen LogP contribution in [0.5, 0.6) is 0 Å². The van der Waals surface area contributed by atoms with Crippen molar-refractivity contribution in [3.63, 3.8) is 0 Å². The van der Waals surface area contributed by atoms with Gasteiger partial charge in [0.25, 0.3) is 0 Å². The average molecular weight is 171 g/mol. The zero-order chi connectivity index (χ0) is 8.43. The zero-order valence-electron chi connectivity index (χ0n) is 6.63. The van der Waals surface area contributed by atoms with Gasteiger partial charge in [0.1, 0.15) is 0 Å². The van der Waals surface area contributed by atoms with E-state index in [9.17, 15) is 0 Å². The Labute approximate surface area is 71.4 Å². The fraction of sp³-hybridized carbons (Fsp3) is 0.375. The first-order valence-corrected chi connectivity index (χ1v) is 3.86. The van der Waals surface area contributed by atoms with E-state index in [0.29, 0.717) is 5.02 Å². The summed E-state index contributed by atoms with van der Waals surface area (Å²) >= 11 is 5.90. The first kappa shape index (κ1) is 8.50. The molecule has 0 saturated heterocycles.